The third-order valence-corrected chi connectivity index (χ3v) is 6.66. The van der Waals surface area contributed by atoms with E-state index in [1.807, 2.05) is 0 Å². The molecule has 0 N–H and O–H groups in total. The fourth-order valence-corrected chi connectivity index (χ4v) is 5.42. The van der Waals surface area contributed by atoms with Crippen LogP contribution < -0.4 is 15.9 Å². The van der Waals surface area contributed by atoms with Crippen LogP contribution in [0.3, 0.4) is 0 Å². The van der Waals surface area contributed by atoms with Crippen LogP contribution in [-0.4, -0.2) is 5.88 Å². The van der Waals surface area contributed by atoms with Gasteiger partial charge in [-0.1, -0.05) is 84.9 Å². The predicted octanol–water partition coefficient (Wildman–Crippen LogP) is 4.62. The lowest BCUT2D eigenvalue weighted by Crippen LogP contribution is -2.23. The van der Waals surface area contributed by atoms with E-state index in [4.69, 9.17) is 11.6 Å². The van der Waals surface area contributed by atoms with E-state index in [9.17, 15) is 0 Å². The molecule has 2 heteroatoms. The molecule has 116 valence electrons. The summed E-state index contributed by atoms with van der Waals surface area (Å²) in [5, 5.41) is 4.24. The minimum Gasteiger partial charge on any atom is -0.127 e. The molecule has 0 nitrogen and oxygen atoms in total. The van der Waals surface area contributed by atoms with Gasteiger partial charge in [-0.3, -0.25) is 0 Å². The summed E-state index contributed by atoms with van der Waals surface area (Å²) in [7, 11) is -0.526. The zero-order valence-electron chi connectivity index (χ0n) is 13.0. The van der Waals surface area contributed by atoms with Gasteiger partial charge in [0.2, 0.25) is 0 Å². The molecule has 0 bridgehead atoms. The second kappa shape index (κ2) is 8.29. The second-order valence-corrected chi connectivity index (χ2v) is 7.99. The summed E-state index contributed by atoms with van der Waals surface area (Å²) in [6.45, 7) is 0. The van der Waals surface area contributed by atoms with Gasteiger partial charge in [-0.05, 0) is 42.2 Å². The minimum atomic E-state index is -0.526. The lowest BCUT2D eigenvalue weighted by atomic mass is 10.1. The first-order valence-corrected chi connectivity index (χ1v) is 9.82. The van der Waals surface area contributed by atoms with Crippen LogP contribution >= 0.6 is 19.5 Å². The van der Waals surface area contributed by atoms with Gasteiger partial charge in [-0.2, -0.15) is 0 Å². The van der Waals surface area contributed by atoms with E-state index in [1.54, 1.807) is 0 Å². The molecule has 23 heavy (non-hydrogen) atoms. The molecule has 0 heterocycles. The molecular weight excluding hydrogens is 319 g/mol. The summed E-state index contributed by atoms with van der Waals surface area (Å²) in [4.78, 5) is 0. The molecule has 0 fully saturated rings. The summed E-state index contributed by atoms with van der Waals surface area (Å²) in [6, 6.07) is 30.5. The maximum atomic E-state index is 5.92. The smallest absolute Gasteiger partial charge is 0.0226 e. The molecular formula is C21H20ClP. The molecule has 0 aliphatic heterocycles. The van der Waals surface area contributed by atoms with E-state index in [1.165, 1.54) is 21.5 Å². The lowest BCUT2D eigenvalue weighted by Gasteiger charge is -2.22. The molecule has 0 spiro atoms. The molecule has 0 aliphatic carbocycles. The molecule has 3 aromatic rings. The van der Waals surface area contributed by atoms with Crippen LogP contribution in [0.1, 0.15) is 12.0 Å². The second-order valence-electron chi connectivity index (χ2n) is 5.43. The summed E-state index contributed by atoms with van der Waals surface area (Å²) in [5.41, 5.74) is 1.42. The molecule has 3 rings (SSSR count). The van der Waals surface area contributed by atoms with Crippen LogP contribution in [0.2, 0.25) is 0 Å². The quantitative estimate of drug-likeness (QED) is 0.454. The Kier molecular flexibility index (Phi) is 5.86. The van der Waals surface area contributed by atoms with E-state index in [0.29, 0.717) is 5.88 Å². The number of aryl methyl sites for hydroxylation is 1. The normalized spacial score (nSPS) is 10.9. The summed E-state index contributed by atoms with van der Waals surface area (Å²) >= 11 is 5.92. The van der Waals surface area contributed by atoms with Crippen molar-refractivity contribution in [2.75, 3.05) is 5.88 Å². The largest absolute Gasteiger partial charge is 0.127 e. The van der Waals surface area contributed by atoms with Gasteiger partial charge < -0.3 is 0 Å². The van der Waals surface area contributed by atoms with Gasteiger partial charge in [0.25, 0.3) is 0 Å². The van der Waals surface area contributed by atoms with Gasteiger partial charge in [-0.15, -0.1) is 11.6 Å². The molecule has 0 saturated carbocycles. The summed E-state index contributed by atoms with van der Waals surface area (Å²) in [6.07, 6.45) is 2.06. The predicted molar refractivity (Wildman–Crippen MR) is 104 cm³/mol. The molecule has 0 amide bonds. The maximum absolute atomic E-state index is 5.92. The summed E-state index contributed by atoms with van der Waals surface area (Å²) < 4.78 is 0. The molecule has 3 aromatic carbocycles. The van der Waals surface area contributed by atoms with Gasteiger partial charge >= 0.3 is 0 Å². The van der Waals surface area contributed by atoms with E-state index in [0.717, 1.165) is 12.8 Å². The summed E-state index contributed by atoms with van der Waals surface area (Å²) in [5.74, 6) is 0.711. The average molecular weight is 339 g/mol. The molecule has 0 aromatic heterocycles. The van der Waals surface area contributed by atoms with Crippen molar-refractivity contribution in [3.05, 3.63) is 90.5 Å². The molecule has 0 radical (unpaired) electrons. The van der Waals surface area contributed by atoms with Gasteiger partial charge in [0.15, 0.2) is 0 Å². The fraction of sp³-hybridized carbons (Fsp3) is 0.143. The van der Waals surface area contributed by atoms with Crippen LogP contribution in [0.5, 0.6) is 0 Å². The third kappa shape index (κ3) is 4.02. The monoisotopic (exact) mass is 338 g/mol. The Morgan fingerprint density at radius 1 is 0.652 bits per heavy atom. The minimum absolute atomic E-state index is 0.526. The van der Waals surface area contributed by atoms with Crippen molar-refractivity contribution in [3.8, 4) is 0 Å². The average Bonchev–Trinajstić information content (AvgIpc) is 2.63. The third-order valence-electron chi connectivity index (χ3n) is 3.84. The number of alkyl halides is 1. The highest BCUT2D eigenvalue weighted by Crippen LogP contribution is 2.34. The lowest BCUT2D eigenvalue weighted by molar-refractivity contribution is 0.934. The Bertz CT molecular complexity index is 686. The van der Waals surface area contributed by atoms with Crippen LogP contribution in [-0.2, 0) is 6.42 Å². The van der Waals surface area contributed by atoms with Gasteiger partial charge in [0, 0.05) is 5.88 Å². The van der Waals surface area contributed by atoms with Crippen molar-refractivity contribution < 1.29 is 0 Å². The Morgan fingerprint density at radius 2 is 1.17 bits per heavy atom. The zero-order valence-corrected chi connectivity index (χ0v) is 14.7. The van der Waals surface area contributed by atoms with Crippen LogP contribution in [0.4, 0.5) is 0 Å². The number of hydrogen-bond donors (Lipinski definition) is 0. The van der Waals surface area contributed by atoms with E-state index >= 15 is 0 Å². The van der Waals surface area contributed by atoms with Crippen molar-refractivity contribution in [2.45, 2.75) is 12.8 Å². The standard InChI is InChI=1S/C21H20ClP/c22-17-9-11-18-10-7-8-16-21(18)23(19-12-3-1-4-13-19)20-14-5-2-6-15-20/h1-8,10,12-16H,9,11,17H2. The number of benzene rings is 3. The fourth-order valence-electron chi connectivity index (χ4n) is 2.78. The van der Waals surface area contributed by atoms with E-state index < -0.39 is 7.92 Å². The highest BCUT2D eigenvalue weighted by molar-refractivity contribution is 7.79. The zero-order chi connectivity index (χ0) is 15.9. The van der Waals surface area contributed by atoms with Crippen LogP contribution in [0.15, 0.2) is 84.9 Å². The molecule has 0 saturated heterocycles. The van der Waals surface area contributed by atoms with E-state index in [2.05, 4.69) is 84.9 Å². The molecule has 0 aliphatic rings. The number of hydrogen-bond acceptors (Lipinski definition) is 0. The van der Waals surface area contributed by atoms with Crippen LogP contribution in [0, 0.1) is 0 Å². The van der Waals surface area contributed by atoms with Crippen molar-refractivity contribution in [3.63, 3.8) is 0 Å². The van der Waals surface area contributed by atoms with Crippen LogP contribution in [0.25, 0.3) is 0 Å². The Morgan fingerprint density at radius 3 is 1.74 bits per heavy atom. The van der Waals surface area contributed by atoms with Crippen molar-refractivity contribution in [1.82, 2.24) is 0 Å². The SMILES string of the molecule is ClCCCc1ccccc1P(c1ccccc1)c1ccccc1. The Balaban J connectivity index is 2.10. The topological polar surface area (TPSA) is 0 Å². The first-order chi connectivity index (χ1) is 11.4. The Hall–Kier alpha value is -1.62. The number of rotatable bonds is 6. The number of halogens is 1. The van der Waals surface area contributed by atoms with E-state index in [-0.39, 0.29) is 0 Å². The van der Waals surface area contributed by atoms with Gasteiger partial charge in [0.05, 0.1) is 0 Å². The van der Waals surface area contributed by atoms with Crippen molar-refractivity contribution in [1.29, 1.82) is 0 Å². The first kappa shape index (κ1) is 16.2. The van der Waals surface area contributed by atoms with Gasteiger partial charge in [0.1, 0.15) is 0 Å². The maximum Gasteiger partial charge on any atom is 0.0226 e. The molecule has 0 unspecified atom stereocenters. The highest BCUT2D eigenvalue weighted by atomic mass is 35.5. The van der Waals surface area contributed by atoms with Crippen molar-refractivity contribution >= 4 is 35.4 Å². The molecule has 0 atom stereocenters. The van der Waals surface area contributed by atoms with Crippen molar-refractivity contribution in [2.24, 2.45) is 0 Å². The Labute approximate surface area is 144 Å². The van der Waals surface area contributed by atoms with Gasteiger partial charge in [-0.25, -0.2) is 0 Å². The first-order valence-electron chi connectivity index (χ1n) is 7.94. The highest BCUT2D eigenvalue weighted by Gasteiger charge is 2.18.